The molecule has 1 amide bonds. The van der Waals surface area contributed by atoms with Crippen molar-refractivity contribution >= 4 is 17.6 Å². The number of hydrogen-bond acceptors (Lipinski definition) is 6. The number of para-hydroxylation sites is 1. The fraction of sp³-hybridized carbons (Fsp3) is 0.0476. The maximum absolute atomic E-state index is 12.2. The summed E-state index contributed by atoms with van der Waals surface area (Å²) in [6.45, 7) is 3.49. The third kappa shape index (κ3) is 4.71. The van der Waals surface area contributed by atoms with Gasteiger partial charge in [0.2, 0.25) is 5.95 Å². The monoisotopic (exact) mass is 371 g/mol. The summed E-state index contributed by atoms with van der Waals surface area (Å²) in [6, 6.07) is 19.7. The van der Waals surface area contributed by atoms with E-state index in [1.807, 2.05) is 18.2 Å². The Morgan fingerprint density at radius 1 is 1.14 bits per heavy atom. The molecule has 0 spiro atoms. The average molecular weight is 371 g/mol. The Morgan fingerprint density at radius 3 is 2.64 bits per heavy atom. The molecule has 0 fully saturated rings. The number of rotatable bonds is 6. The number of anilines is 1. The van der Waals surface area contributed by atoms with Crippen LogP contribution in [0.4, 0.5) is 5.95 Å². The Hall–Kier alpha value is -4.18. The van der Waals surface area contributed by atoms with Gasteiger partial charge in [0.05, 0.1) is 28.7 Å². The largest absolute Gasteiger partial charge is 0.484 e. The van der Waals surface area contributed by atoms with E-state index in [9.17, 15) is 4.79 Å². The van der Waals surface area contributed by atoms with Crippen LogP contribution < -0.4 is 15.8 Å². The van der Waals surface area contributed by atoms with Crippen LogP contribution in [0.1, 0.15) is 11.3 Å². The van der Waals surface area contributed by atoms with Crippen molar-refractivity contribution in [3.05, 3.63) is 78.5 Å². The number of nitrogens with one attached hydrogen (secondary N) is 1. The lowest BCUT2D eigenvalue weighted by Crippen LogP contribution is -2.22. The van der Waals surface area contributed by atoms with E-state index >= 15 is 0 Å². The van der Waals surface area contributed by atoms with Crippen LogP contribution in [0.3, 0.4) is 0 Å². The van der Waals surface area contributed by atoms with Crippen LogP contribution in [0, 0.1) is 11.3 Å². The smallest absolute Gasteiger partial charge is 0.264 e. The molecule has 0 radical (unpaired) electrons. The number of ether oxygens (including phenoxy) is 1. The molecule has 28 heavy (non-hydrogen) atoms. The molecule has 7 nitrogen and oxygen atoms in total. The third-order valence-corrected chi connectivity index (χ3v) is 3.71. The summed E-state index contributed by atoms with van der Waals surface area (Å²) in [6.07, 6.45) is 0. The Morgan fingerprint density at radius 2 is 1.93 bits per heavy atom. The number of nitrogens with two attached hydrogens (primary N) is 1. The van der Waals surface area contributed by atoms with Gasteiger partial charge in [0.15, 0.2) is 6.61 Å². The highest BCUT2D eigenvalue weighted by molar-refractivity contribution is 5.90. The molecule has 0 saturated carbocycles. The van der Waals surface area contributed by atoms with Gasteiger partial charge in [0.25, 0.3) is 5.91 Å². The van der Waals surface area contributed by atoms with Crippen molar-refractivity contribution in [1.29, 1.82) is 5.26 Å². The Kier molecular flexibility index (Phi) is 5.63. The number of amides is 1. The lowest BCUT2D eigenvalue weighted by atomic mass is 10.1. The molecule has 0 bridgehead atoms. The van der Waals surface area contributed by atoms with Crippen LogP contribution in [0.25, 0.3) is 17.0 Å². The molecule has 3 aromatic rings. The third-order valence-electron chi connectivity index (χ3n) is 3.71. The highest BCUT2D eigenvalue weighted by Crippen LogP contribution is 2.22. The second-order valence-electron chi connectivity index (χ2n) is 5.83. The number of hydrogen-bond donors (Lipinski definition) is 2. The van der Waals surface area contributed by atoms with E-state index in [1.165, 1.54) is 0 Å². The van der Waals surface area contributed by atoms with Crippen LogP contribution in [-0.2, 0) is 4.79 Å². The molecule has 3 rings (SSSR count). The summed E-state index contributed by atoms with van der Waals surface area (Å²) in [4.78, 5) is 20.8. The molecule has 0 saturated heterocycles. The zero-order valence-corrected chi connectivity index (χ0v) is 14.9. The summed E-state index contributed by atoms with van der Waals surface area (Å²) >= 11 is 0. The van der Waals surface area contributed by atoms with E-state index < -0.39 is 5.91 Å². The van der Waals surface area contributed by atoms with Crippen molar-refractivity contribution in [3.63, 3.8) is 0 Å². The standard InChI is InChI=1S/C21H17N5O2/c1-14(23)18-11-19(16-7-5-6-15(10-16)12-22)25-21(24-18)26-20(27)13-28-17-8-3-2-4-9-17/h2-11H,1,13,23H2,(H,24,25,26,27). The van der Waals surface area contributed by atoms with Gasteiger partial charge in [-0.15, -0.1) is 0 Å². The molecule has 0 aliphatic carbocycles. The molecule has 138 valence electrons. The summed E-state index contributed by atoms with van der Waals surface area (Å²) in [5, 5.41) is 11.7. The highest BCUT2D eigenvalue weighted by Gasteiger charge is 2.11. The number of benzene rings is 2. The lowest BCUT2D eigenvalue weighted by Gasteiger charge is -2.10. The average Bonchev–Trinajstić information content (AvgIpc) is 2.72. The maximum Gasteiger partial charge on any atom is 0.264 e. The molecule has 0 atom stereocenters. The van der Waals surface area contributed by atoms with Gasteiger partial charge in [-0.05, 0) is 30.3 Å². The Labute approximate surface area is 162 Å². The van der Waals surface area contributed by atoms with Gasteiger partial charge in [-0.2, -0.15) is 5.26 Å². The second-order valence-corrected chi connectivity index (χ2v) is 5.83. The van der Waals surface area contributed by atoms with Gasteiger partial charge in [-0.1, -0.05) is 36.9 Å². The first-order valence-electron chi connectivity index (χ1n) is 8.37. The predicted octanol–water partition coefficient (Wildman–Crippen LogP) is 2.96. The maximum atomic E-state index is 12.2. The summed E-state index contributed by atoms with van der Waals surface area (Å²) in [7, 11) is 0. The van der Waals surface area contributed by atoms with E-state index in [0.717, 1.165) is 0 Å². The van der Waals surface area contributed by atoms with Crippen molar-refractivity contribution in [3.8, 4) is 23.1 Å². The number of carbonyl (C=O) groups excluding carboxylic acids is 1. The minimum absolute atomic E-state index is 0.0723. The molecule has 3 N–H and O–H groups in total. The van der Waals surface area contributed by atoms with E-state index in [-0.39, 0.29) is 18.3 Å². The van der Waals surface area contributed by atoms with Crippen LogP contribution >= 0.6 is 0 Å². The van der Waals surface area contributed by atoms with Gasteiger partial charge < -0.3 is 10.5 Å². The van der Waals surface area contributed by atoms with Gasteiger partial charge in [-0.3, -0.25) is 10.1 Å². The Bertz CT molecular complexity index is 1060. The van der Waals surface area contributed by atoms with Gasteiger partial charge in [0.1, 0.15) is 5.75 Å². The minimum Gasteiger partial charge on any atom is -0.484 e. The van der Waals surface area contributed by atoms with Crippen LogP contribution in [0.5, 0.6) is 5.75 Å². The first kappa shape index (κ1) is 18.6. The van der Waals surface area contributed by atoms with Crippen molar-refractivity contribution in [2.24, 2.45) is 5.73 Å². The van der Waals surface area contributed by atoms with Crippen molar-refractivity contribution < 1.29 is 9.53 Å². The fourth-order valence-corrected chi connectivity index (χ4v) is 2.39. The van der Waals surface area contributed by atoms with E-state index in [4.69, 9.17) is 15.7 Å². The Balaban J connectivity index is 1.82. The first-order valence-corrected chi connectivity index (χ1v) is 8.37. The zero-order chi connectivity index (χ0) is 19.9. The van der Waals surface area contributed by atoms with Gasteiger partial charge in [-0.25, -0.2) is 9.97 Å². The molecular formula is C21H17N5O2. The minimum atomic E-state index is -0.416. The van der Waals surface area contributed by atoms with Crippen LogP contribution in [0.2, 0.25) is 0 Å². The number of nitriles is 1. The highest BCUT2D eigenvalue weighted by atomic mass is 16.5. The normalized spacial score (nSPS) is 9.96. The van der Waals surface area contributed by atoms with Crippen molar-refractivity contribution in [1.82, 2.24) is 9.97 Å². The molecule has 1 heterocycles. The number of aromatic nitrogens is 2. The number of nitrogens with zero attached hydrogens (tertiary/aromatic N) is 3. The summed E-state index contributed by atoms with van der Waals surface area (Å²) in [5.41, 5.74) is 8.08. The summed E-state index contributed by atoms with van der Waals surface area (Å²) < 4.78 is 5.42. The molecular weight excluding hydrogens is 354 g/mol. The SMILES string of the molecule is C=C(N)c1cc(-c2cccc(C#N)c2)nc(NC(=O)COc2ccccc2)n1. The van der Waals surface area contributed by atoms with Gasteiger partial charge in [0, 0.05) is 5.56 Å². The van der Waals surface area contributed by atoms with Crippen LogP contribution in [0.15, 0.2) is 67.2 Å². The molecule has 0 aliphatic heterocycles. The molecule has 7 heteroatoms. The van der Waals surface area contributed by atoms with Crippen molar-refractivity contribution in [2.45, 2.75) is 0 Å². The summed E-state index contributed by atoms with van der Waals surface area (Å²) in [5.74, 6) is 0.236. The topological polar surface area (TPSA) is 114 Å². The van der Waals surface area contributed by atoms with Crippen molar-refractivity contribution in [2.75, 3.05) is 11.9 Å². The molecule has 0 aliphatic rings. The van der Waals surface area contributed by atoms with E-state index in [2.05, 4.69) is 27.9 Å². The van der Waals surface area contributed by atoms with E-state index in [1.54, 1.807) is 42.5 Å². The lowest BCUT2D eigenvalue weighted by molar-refractivity contribution is -0.118. The molecule has 0 unspecified atom stereocenters. The number of carbonyl (C=O) groups is 1. The fourth-order valence-electron chi connectivity index (χ4n) is 2.39. The molecule has 2 aromatic carbocycles. The zero-order valence-electron chi connectivity index (χ0n) is 14.9. The first-order chi connectivity index (χ1) is 13.5. The van der Waals surface area contributed by atoms with Gasteiger partial charge >= 0.3 is 0 Å². The second kappa shape index (κ2) is 8.47. The van der Waals surface area contributed by atoms with E-state index in [0.29, 0.717) is 28.3 Å². The van der Waals surface area contributed by atoms with Crippen LogP contribution in [-0.4, -0.2) is 22.5 Å². The quantitative estimate of drug-likeness (QED) is 0.688. The predicted molar refractivity (Wildman–Crippen MR) is 106 cm³/mol. The molecule has 1 aromatic heterocycles.